The Morgan fingerprint density at radius 2 is 2.15 bits per heavy atom. The third-order valence-electron chi connectivity index (χ3n) is 3.68. The summed E-state index contributed by atoms with van der Waals surface area (Å²) >= 11 is 0. The molecule has 0 atom stereocenters. The normalized spacial score (nSPS) is 14.6. The van der Waals surface area contributed by atoms with Crippen LogP contribution >= 0.6 is 0 Å². The first-order chi connectivity index (χ1) is 9.63. The van der Waals surface area contributed by atoms with Gasteiger partial charge < -0.3 is 10.3 Å². The molecule has 0 unspecified atom stereocenters. The Bertz CT molecular complexity index is 619. The highest BCUT2D eigenvalue weighted by Gasteiger charge is 2.21. The lowest BCUT2D eigenvalue weighted by Gasteiger charge is -2.18. The topological polar surface area (TPSA) is 61.0 Å². The molecule has 0 saturated carbocycles. The van der Waals surface area contributed by atoms with E-state index in [1.807, 2.05) is 6.07 Å². The molecule has 0 spiro atoms. The van der Waals surface area contributed by atoms with Gasteiger partial charge >= 0.3 is 0 Å². The third kappa shape index (κ3) is 2.44. The van der Waals surface area contributed by atoms with Gasteiger partial charge in [0.25, 0.3) is 5.91 Å². The number of anilines is 1. The van der Waals surface area contributed by atoms with E-state index in [1.165, 1.54) is 23.7 Å². The number of carbonyl (C=O) groups is 1. The highest BCUT2D eigenvalue weighted by Crippen LogP contribution is 2.27. The van der Waals surface area contributed by atoms with Gasteiger partial charge in [0.1, 0.15) is 5.69 Å². The molecule has 1 aromatic heterocycles. The first-order valence-corrected chi connectivity index (χ1v) is 6.79. The van der Waals surface area contributed by atoms with Crippen LogP contribution in [0.5, 0.6) is 0 Å². The molecule has 0 bridgehead atoms. The molecule has 104 valence electrons. The Labute approximate surface area is 118 Å². The Balaban J connectivity index is 1.75. The minimum Gasteiger partial charge on any atom is -0.341 e. The maximum absolute atomic E-state index is 12.0. The van der Waals surface area contributed by atoms with E-state index in [1.54, 1.807) is 0 Å². The highest BCUT2D eigenvalue weighted by atomic mass is 16.1. The average molecular weight is 270 g/mol. The van der Waals surface area contributed by atoms with Crippen LogP contribution in [0.1, 0.15) is 35.5 Å². The second-order valence-corrected chi connectivity index (χ2v) is 5.40. The Kier molecular flexibility index (Phi) is 3.28. The SMILES string of the molecule is CC(C)N1Cc2ccc(NC(=O)c3cnc[nH]3)cc2C1. The smallest absolute Gasteiger partial charge is 0.273 e. The van der Waals surface area contributed by atoms with E-state index in [4.69, 9.17) is 0 Å². The third-order valence-corrected chi connectivity index (χ3v) is 3.68. The lowest BCUT2D eigenvalue weighted by atomic mass is 10.1. The fraction of sp³-hybridized carbons (Fsp3) is 0.333. The summed E-state index contributed by atoms with van der Waals surface area (Å²) in [5.41, 5.74) is 3.93. The first-order valence-electron chi connectivity index (χ1n) is 6.79. The molecule has 2 N–H and O–H groups in total. The van der Waals surface area contributed by atoms with E-state index in [-0.39, 0.29) is 5.91 Å². The van der Waals surface area contributed by atoms with Gasteiger partial charge in [-0.25, -0.2) is 4.98 Å². The van der Waals surface area contributed by atoms with Crippen LogP contribution in [-0.2, 0) is 13.1 Å². The summed E-state index contributed by atoms with van der Waals surface area (Å²) in [6.45, 7) is 6.34. The fourth-order valence-corrected chi connectivity index (χ4v) is 2.44. The molecule has 2 aromatic rings. The molecule has 1 aliphatic rings. The summed E-state index contributed by atoms with van der Waals surface area (Å²) in [4.78, 5) is 21.0. The molecule has 3 rings (SSSR count). The van der Waals surface area contributed by atoms with Gasteiger partial charge in [-0.2, -0.15) is 0 Å². The standard InChI is InChI=1S/C15H18N4O/c1-10(2)19-7-11-3-4-13(5-12(11)8-19)18-15(20)14-6-16-9-17-14/h3-6,9-10H,7-8H2,1-2H3,(H,16,17)(H,18,20). The number of imidazole rings is 1. The van der Waals surface area contributed by atoms with Crippen molar-refractivity contribution in [1.82, 2.24) is 14.9 Å². The first kappa shape index (κ1) is 12.9. The highest BCUT2D eigenvalue weighted by molar-refractivity contribution is 6.02. The largest absolute Gasteiger partial charge is 0.341 e. The number of amides is 1. The quantitative estimate of drug-likeness (QED) is 0.900. The van der Waals surface area contributed by atoms with Crippen LogP contribution in [0.25, 0.3) is 0 Å². The number of nitrogens with zero attached hydrogens (tertiary/aromatic N) is 2. The Morgan fingerprint density at radius 3 is 2.85 bits per heavy atom. The van der Waals surface area contributed by atoms with Crippen LogP contribution < -0.4 is 5.32 Å². The molecule has 1 amide bonds. The maximum atomic E-state index is 12.0. The summed E-state index contributed by atoms with van der Waals surface area (Å²) in [5, 5.41) is 2.89. The number of hydrogen-bond acceptors (Lipinski definition) is 3. The maximum Gasteiger partial charge on any atom is 0.273 e. The minimum atomic E-state index is -0.166. The van der Waals surface area contributed by atoms with E-state index in [2.05, 4.69) is 46.2 Å². The number of aromatic nitrogens is 2. The zero-order valence-corrected chi connectivity index (χ0v) is 11.7. The molecular weight excluding hydrogens is 252 g/mol. The second kappa shape index (κ2) is 5.09. The number of nitrogens with one attached hydrogen (secondary N) is 2. The molecule has 1 aliphatic heterocycles. The zero-order chi connectivity index (χ0) is 14.1. The molecule has 20 heavy (non-hydrogen) atoms. The minimum absolute atomic E-state index is 0.166. The van der Waals surface area contributed by atoms with E-state index in [9.17, 15) is 4.79 Å². The van der Waals surface area contributed by atoms with Crippen molar-refractivity contribution in [3.63, 3.8) is 0 Å². The van der Waals surface area contributed by atoms with Crippen molar-refractivity contribution in [3.8, 4) is 0 Å². The van der Waals surface area contributed by atoms with Crippen LogP contribution in [0.2, 0.25) is 0 Å². The van der Waals surface area contributed by atoms with Gasteiger partial charge in [-0.05, 0) is 37.1 Å². The van der Waals surface area contributed by atoms with Gasteiger partial charge in [0.15, 0.2) is 0 Å². The van der Waals surface area contributed by atoms with E-state index in [0.717, 1.165) is 18.8 Å². The summed E-state index contributed by atoms with van der Waals surface area (Å²) in [5.74, 6) is -0.166. The number of rotatable bonds is 3. The van der Waals surface area contributed by atoms with Crippen molar-refractivity contribution in [2.75, 3.05) is 5.32 Å². The van der Waals surface area contributed by atoms with Crippen molar-refractivity contribution in [1.29, 1.82) is 0 Å². The molecule has 0 fully saturated rings. The van der Waals surface area contributed by atoms with Gasteiger partial charge in [-0.3, -0.25) is 9.69 Å². The Hall–Kier alpha value is -2.14. The van der Waals surface area contributed by atoms with Crippen LogP contribution in [0, 0.1) is 0 Å². The summed E-state index contributed by atoms with van der Waals surface area (Å²) < 4.78 is 0. The van der Waals surface area contributed by atoms with Gasteiger partial charge in [0.05, 0.1) is 12.5 Å². The summed E-state index contributed by atoms with van der Waals surface area (Å²) in [6, 6.07) is 6.65. The molecule has 0 radical (unpaired) electrons. The van der Waals surface area contributed by atoms with Crippen LogP contribution in [0.15, 0.2) is 30.7 Å². The zero-order valence-electron chi connectivity index (χ0n) is 11.7. The number of carbonyl (C=O) groups excluding carboxylic acids is 1. The van der Waals surface area contributed by atoms with Crippen molar-refractivity contribution >= 4 is 11.6 Å². The van der Waals surface area contributed by atoms with Gasteiger partial charge in [0.2, 0.25) is 0 Å². The monoisotopic (exact) mass is 270 g/mol. The lowest BCUT2D eigenvalue weighted by molar-refractivity contribution is 0.102. The van der Waals surface area contributed by atoms with Crippen LogP contribution in [0.4, 0.5) is 5.69 Å². The Morgan fingerprint density at radius 1 is 1.35 bits per heavy atom. The van der Waals surface area contributed by atoms with E-state index >= 15 is 0 Å². The fourth-order valence-electron chi connectivity index (χ4n) is 2.44. The number of benzene rings is 1. The average Bonchev–Trinajstić information content (AvgIpc) is 3.07. The van der Waals surface area contributed by atoms with E-state index < -0.39 is 0 Å². The van der Waals surface area contributed by atoms with Crippen molar-refractivity contribution < 1.29 is 4.79 Å². The molecule has 1 aromatic carbocycles. The van der Waals surface area contributed by atoms with Crippen LogP contribution in [-0.4, -0.2) is 26.8 Å². The predicted octanol–water partition coefficient (Wildman–Crippen LogP) is 2.39. The van der Waals surface area contributed by atoms with E-state index in [0.29, 0.717) is 11.7 Å². The lowest BCUT2D eigenvalue weighted by Crippen LogP contribution is -2.24. The van der Waals surface area contributed by atoms with Gasteiger partial charge in [-0.1, -0.05) is 6.07 Å². The van der Waals surface area contributed by atoms with Crippen molar-refractivity contribution in [3.05, 3.63) is 47.5 Å². The summed E-state index contributed by atoms with van der Waals surface area (Å²) in [7, 11) is 0. The van der Waals surface area contributed by atoms with Gasteiger partial charge in [-0.15, -0.1) is 0 Å². The molecular formula is C15H18N4O. The second-order valence-electron chi connectivity index (χ2n) is 5.40. The van der Waals surface area contributed by atoms with Crippen molar-refractivity contribution in [2.24, 2.45) is 0 Å². The number of aromatic amines is 1. The molecule has 5 heteroatoms. The number of fused-ring (bicyclic) bond motifs is 1. The molecule has 5 nitrogen and oxygen atoms in total. The predicted molar refractivity (Wildman–Crippen MR) is 77.4 cm³/mol. The molecule has 2 heterocycles. The van der Waals surface area contributed by atoms with Crippen LogP contribution in [0.3, 0.4) is 0 Å². The van der Waals surface area contributed by atoms with Crippen molar-refractivity contribution in [2.45, 2.75) is 33.0 Å². The molecule has 0 aliphatic carbocycles. The van der Waals surface area contributed by atoms with Gasteiger partial charge in [0, 0.05) is 24.8 Å². The number of hydrogen-bond donors (Lipinski definition) is 2. The molecule has 0 saturated heterocycles. The summed E-state index contributed by atoms with van der Waals surface area (Å²) in [6.07, 6.45) is 3.02. The number of H-pyrrole nitrogens is 1.